The van der Waals surface area contributed by atoms with Crippen molar-refractivity contribution in [1.29, 1.82) is 0 Å². The first-order valence-corrected chi connectivity index (χ1v) is 6.30. The van der Waals surface area contributed by atoms with Crippen molar-refractivity contribution in [1.82, 2.24) is 4.90 Å². The van der Waals surface area contributed by atoms with Gasteiger partial charge in [-0.05, 0) is 62.9 Å². The summed E-state index contributed by atoms with van der Waals surface area (Å²) in [6, 6.07) is 0. The number of likely N-dealkylation sites (tertiary alicyclic amines) is 1. The minimum atomic E-state index is 0.736. The Morgan fingerprint density at radius 3 is 2.21 bits per heavy atom. The van der Waals surface area contributed by atoms with Crippen LogP contribution in [0.1, 0.15) is 46.0 Å². The molecule has 0 N–H and O–H groups in total. The summed E-state index contributed by atoms with van der Waals surface area (Å²) in [7, 11) is 2.28. The van der Waals surface area contributed by atoms with Gasteiger partial charge < -0.3 is 4.90 Å². The molecule has 1 spiro atoms. The van der Waals surface area contributed by atoms with Crippen molar-refractivity contribution in [2.75, 3.05) is 20.1 Å². The molecule has 0 aromatic rings. The van der Waals surface area contributed by atoms with E-state index >= 15 is 0 Å². The smallest absolute Gasteiger partial charge is 0.00354 e. The van der Waals surface area contributed by atoms with E-state index in [0.717, 1.165) is 17.3 Å². The molecule has 1 heterocycles. The maximum Gasteiger partial charge on any atom is 0.00354 e. The van der Waals surface area contributed by atoms with Crippen molar-refractivity contribution >= 4 is 0 Å². The maximum absolute atomic E-state index is 2.52. The molecule has 1 saturated carbocycles. The van der Waals surface area contributed by atoms with Gasteiger partial charge in [0.05, 0.1) is 0 Å². The molecule has 0 amide bonds. The van der Waals surface area contributed by atoms with Crippen LogP contribution in [0.4, 0.5) is 0 Å². The normalized spacial score (nSPS) is 39.9. The van der Waals surface area contributed by atoms with Gasteiger partial charge in [-0.1, -0.05) is 13.8 Å². The van der Waals surface area contributed by atoms with E-state index in [1.165, 1.54) is 45.2 Å². The van der Waals surface area contributed by atoms with Crippen LogP contribution in [0.25, 0.3) is 0 Å². The molecule has 2 aliphatic rings. The third kappa shape index (κ3) is 1.98. The van der Waals surface area contributed by atoms with E-state index < -0.39 is 0 Å². The van der Waals surface area contributed by atoms with Crippen molar-refractivity contribution in [3.8, 4) is 0 Å². The van der Waals surface area contributed by atoms with Gasteiger partial charge in [0.25, 0.3) is 0 Å². The van der Waals surface area contributed by atoms with Crippen molar-refractivity contribution in [3.05, 3.63) is 0 Å². The summed E-state index contributed by atoms with van der Waals surface area (Å²) in [6.45, 7) is 7.50. The zero-order valence-electron chi connectivity index (χ0n) is 10.1. The number of nitrogens with zero attached hydrogens (tertiary/aromatic N) is 1. The van der Waals surface area contributed by atoms with Crippen molar-refractivity contribution in [2.45, 2.75) is 46.0 Å². The molecule has 0 aromatic heterocycles. The monoisotopic (exact) mass is 195 g/mol. The Balaban J connectivity index is 1.89. The summed E-state index contributed by atoms with van der Waals surface area (Å²) in [5, 5.41) is 0. The van der Waals surface area contributed by atoms with Gasteiger partial charge in [0.15, 0.2) is 0 Å². The largest absolute Gasteiger partial charge is 0.306 e. The molecule has 2 rings (SSSR count). The Hall–Kier alpha value is -0.0400. The van der Waals surface area contributed by atoms with Crippen LogP contribution in [0, 0.1) is 17.3 Å². The Morgan fingerprint density at radius 2 is 1.79 bits per heavy atom. The van der Waals surface area contributed by atoms with Gasteiger partial charge >= 0.3 is 0 Å². The molecule has 1 nitrogen and oxygen atoms in total. The number of hydrogen-bond donors (Lipinski definition) is 0. The van der Waals surface area contributed by atoms with E-state index in [4.69, 9.17) is 0 Å². The lowest BCUT2D eigenvalue weighted by molar-refractivity contribution is 0.133. The van der Waals surface area contributed by atoms with Crippen LogP contribution in [-0.2, 0) is 0 Å². The Morgan fingerprint density at radius 1 is 1.14 bits per heavy atom. The molecule has 0 unspecified atom stereocenters. The molecule has 0 aromatic carbocycles. The summed E-state index contributed by atoms with van der Waals surface area (Å²) >= 11 is 0. The fourth-order valence-corrected chi connectivity index (χ4v) is 3.49. The zero-order valence-corrected chi connectivity index (χ0v) is 10.1. The van der Waals surface area contributed by atoms with Crippen LogP contribution in [0.2, 0.25) is 0 Å². The number of hydrogen-bond acceptors (Lipinski definition) is 1. The van der Waals surface area contributed by atoms with Gasteiger partial charge in [-0.3, -0.25) is 0 Å². The van der Waals surface area contributed by atoms with Gasteiger partial charge in [0.1, 0.15) is 0 Å². The van der Waals surface area contributed by atoms with Crippen molar-refractivity contribution in [3.63, 3.8) is 0 Å². The second-order valence-electron chi connectivity index (χ2n) is 6.07. The van der Waals surface area contributed by atoms with Crippen molar-refractivity contribution < 1.29 is 0 Å². The summed E-state index contributed by atoms with van der Waals surface area (Å²) < 4.78 is 0. The molecule has 1 heteroatoms. The quantitative estimate of drug-likeness (QED) is 0.621. The second-order valence-corrected chi connectivity index (χ2v) is 6.07. The Kier molecular flexibility index (Phi) is 2.88. The summed E-state index contributed by atoms with van der Waals surface area (Å²) in [6.07, 6.45) is 7.45. The van der Waals surface area contributed by atoms with E-state index in [2.05, 4.69) is 25.8 Å². The Labute approximate surface area is 88.9 Å². The summed E-state index contributed by atoms with van der Waals surface area (Å²) in [4.78, 5) is 2.52. The fourth-order valence-electron chi connectivity index (χ4n) is 3.49. The van der Waals surface area contributed by atoms with Crippen LogP contribution in [0.5, 0.6) is 0 Å². The second kappa shape index (κ2) is 3.84. The summed E-state index contributed by atoms with van der Waals surface area (Å²) in [5.41, 5.74) is 0.736. The minimum absolute atomic E-state index is 0.736. The predicted molar refractivity (Wildman–Crippen MR) is 61.3 cm³/mol. The van der Waals surface area contributed by atoms with E-state index in [1.807, 2.05) is 0 Å². The fraction of sp³-hybridized carbons (Fsp3) is 1.00. The first kappa shape index (κ1) is 10.5. The first-order chi connectivity index (χ1) is 6.61. The molecule has 0 atom stereocenters. The van der Waals surface area contributed by atoms with Crippen molar-refractivity contribution in [2.24, 2.45) is 17.3 Å². The van der Waals surface area contributed by atoms with Crippen LogP contribution in [0.15, 0.2) is 0 Å². The zero-order chi connectivity index (χ0) is 10.2. The Bertz CT molecular complexity index is 189. The summed E-state index contributed by atoms with van der Waals surface area (Å²) in [5.74, 6) is 1.93. The first-order valence-electron chi connectivity index (χ1n) is 6.30. The molecular weight excluding hydrogens is 170 g/mol. The van der Waals surface area contributed by atoms with Gasteiger partial charge in [0.2, 0.25) is 0 Å². The van der Waals surface area contributed by atoms with E-state index in [9.17, 15) is 0 Å². The molecule has 0 radical (unpaired) electrons. The highest BCUT2D eigenvalue weighted by atomic mass is 15.1. The standard InChI is InChI=1S/C13H25N/c1-11(2)12-4-6-13(7-5-12)8-9-14(3)10-13/h11-12H,4-10H2,1-3H3/t12-,13+. The molecule has 1 aliphatic carbocycles. The molecule has 2 fully saturated rings. The van der Waals surface area contributed by atoms with Gasteiger partial charge in [0, 0.05) is 6.54 Å². The lowest BCUT2D eigenvalue weighted by atomic mass is 9.67. The van der Waals surface area contributed by atoms with Gasteiger partial charge in [-0.2, -0.15) is 0 Å². The third-order valence-corrected chi connectivity index (χ3v) is 4.66. The lowest BCUT2D eigenvalue weighted by Crippen LogP contribution is -2.31. The maximum atomic E-state index is 2.52. The molecule has 0 bridgehead atoms. The molecule has 14 heavy (non-hydrogen) atoms. The predicted octanol–water partition coefficient (Wildman–Crippen LogP) is 3.15. The average molecular weight is 195 g/mol. The van der Waals surface area contributed by atoms with E-state index in [-0.39, 0.29) is 0 Å². The highest BCUT2D eigenvalue weighted by Crippen LogP contribution is 2.46. The molecule has 1 saturated heterocycles. The molecule has 1 aliphatic heterocycles. The van der Waals surface area contributed by atoms with Crippen LogP contribution < -0.4 is 0 Å². The van der Waals surface area contributed by atoms with Crippen LogP contribution >= 0.6 is 0 Å². The molecular formula is C13H25N. The van der Waals surface area contributed by atoms with Crippen LogP contribution in [0.3, 0.4) is 0 Å². The lowest BCUT2D eigenvalue weighted by Gasteiger charge is -2.38. The third-order valence-electron chi connectivity index (χ3n) is 4.66. The highest BCUT2D eigenvalue weighted by molar-refractivity contribution is 4.92. The number of rotatable bonds is 1. The topological polar surface area (TPSA) is 3.24 Å². The molecule has 82 valence electrons. The minimum Gasteiger partial charge on any atom is -0.306 e. The highest BCUT2D eigenvalue weighted by Gasteiger charge is 2.39. The SMILES string of the molecule is CC(C)[C@H]1CC[C@]2(CCN(C)C2)CC1. The van der Waals surface area contributed by atoms with E-state index in [1.54, 1.807) is 0 Å². The van der Waals surface area contributed by atoms with Crippen LogP contribution in [-0.4, -0.2) is 25.0 Å². The average Bonchev–Trinajstić information content (AvgIpc) is 2.48. The van der Waals surface area contributed by atoms with Gasteiger partial charge in [-0.15, -0.1) is 0 Å². The van der Waals surface area contributed by atoms with Gasteiger partial charge in [-0.25, -0.2) is 0 Å². The van der Waals surface area contributed by atoms with E-state index in [0.29, 0.717) is 0 Å².